The lowest BCUT2D eigenvalue weighted by Crippen LogP contribution is -2.27. The molecule has 0 saturated carbocycles. The number of fused-ring (bicyclic) bond motifs is 1. The van der Waals surface area contributed by atoms with Gasteiger partial charge in [-0.05, 0) is 18.2 Å². The maximum atomic E-state index is 12.8. The molecule has 0 saturated heterocycles. The van der Waals surface area contributed by atoms with Crippen molar-refractivity contribution < 1.29 is 9.21 Å². The van der Waals surface area contributed by atoms with E-state index in [1.54, 1.807) is 24.2 Å². The first-order chi connectivity index (χ1) is 17.7. The number of carbonyl (C=O) groups is 1. The molecule has 0 radical (unpaired) electrons. The highest BCUT2D eigenvalue weighted by atomic mass is 79.9. The van der Waals surface area contributed by atoms with Gasteiger partial charge in [0, 0.05) is 41.9 Å². The van der Waals surface area contributed by atoms with Crippen LogP contribution in [0.5, 0.6) is 0 Å². The summed E-state index contributed by atoms with van der Waals surface area (Å²) in [6.07, 6.45) is 3.72. The lowest BCUT2D eigenvalue weighted by molar-refractivity contribution is -0.115. The van der Waals surface area contributed by atoms with Gasteiger partial charge in [0.25, 0.3) is 0 Å². The first-order valence-corrected chi connectivity index (χ1v) is 15.9. The number of amides is 1. The van der Waals surface area contributed by atoms with Gasteiger partial charge in [0.1, 0.15) is 11.6 Å². The Morgan fingerprint density at radius 1 is 1.19 bits per heavy atom. The largest absolute Gasteiger partial charge is 0.444 e. The highest BCUT2D eigenvalue weighted by molar-refractivity contribution is 9.09. The molecule has 12 heteroatoms. The summed E-state index contributed by atoms with van der Waals surface area (Å²) in [7, 11) is 1.94. The Kier molecular flexibility index (Phi) is 9.36. The van der Waals surface area contributed by atoms with Crippen molar-refractivity contribution >= 4 is 82.7 Å². The van der Waals surface area contributed by atoms with E-state index in [4.69, 9.17) is 9.40 Å². The molecule has 4 rings (SSSR count). The molecule has 0 atom stereocenters. The van der Waals surface area contributed by atoms with Gasteiger partial charge in [-0.2, -0.15) is 0 Å². The van der Waals surface area contributed by atoms with Gasteiger partial charge in [-0.25, -0.2) is 15.0 Å². The Bertz CT molecular complexity index is 1350. The number of hydrogen-bond acceptors (Lipinski definition) is 8. The van der Waals surface area contributed by atoms with Crippen LogP contribution in [0.3, 0.4) is 0 Å². The number of alkyl halides is 2. The van der Waals surface area contributed by atoms with Gasteiger partial charge in [0.2, 0.25) is 11.8 Å². The van der Waals surface area contributed by atoms with E-state index in [2.05, 4.69) is 91.0 Å². The zero-order valence-corrected chi connectivity index (χ0v) is 26.1. The summed E-state index contributed by atoms with van der Waals surface area (Å²) in [4.78, 5) is 28.6. The molecule has 3 aromatic heterocycles. The molecule has 1 amide bonds. The molecule has 3 heterocycles. The number of anilines is 2. The maximum Gasteiger partial charge on any atom is 0.233 e. The van der Waals surface area contributed by atoms with Crippen molar-refractivity contribution in [2.24, 2.45) is 7.05 Å². The predicted molar refractivity (Wildman–Crippen MR) is 160 cm³/mol. The molecule has 1 aromatic carbocycles. The number of imidazole rings is 1. The molecule has 0 aliphatic carbocycles. The van der Waals surface area contributed by atoms with Gasteiger partial charge in [-0.1, -0.05) is 64.0 Å². The number of rotatable bonds is 11. The van der Waals surface area contributed by atoms with E-state index in [9.17, 15) is 4.79 Å². The van der Waals surface area contributed by atoms with Gasteiger partial charge in [0.05, 0.1) is 39.8 Å². The van der Waals surface area contributed by atoms with E-state index in [1.165, 1.54) is 11.3 Å². The summed E-state index contributed by atoms with van der Waals surface area (Å²) in [6, 6.07) is 6.26. The molecule has 1 N–H and O–H groups in total. The summed E-state index contributed by atoms with van der Waals surface area (Å²) in [6.45, 7) is 8.10. The molecule has 4 aromatic rings. The smallest absolute Gasteiger partial charge is 0.233 e. The summed E-state index contributed by atoms with van der Waals surface area (Å²) >= 11 is 10.1. The summed E-state index contributed by atoms with van der Waals surface area (Å²) < 4.78 is 8.81. The van der Waals surface area contributed by atoms with Crippen molar-refractivity contribution in [1.29, 1.82) is 0 Å². The molecular weight excluding hydrogens is 640 g/mol. The Labute approximate surface area is 241 Å². The van der Waals surface area contributed by atoms with E-state index in [0.29, 0.717) is 22.6 Å². The monoisotopic (exact) mass is 668 g/mol. The average molecular weight is 670 g/mol. The second kappa shape index (κ2) is 12.3. The Balaban J connectivity index is 1.37. The van der Waals surface area contributed by atoms with Crippen molar-refractivity contribution in [3.63, 3.8) is 0 Å². The molecular formula is C25H30Br2N6O2S2. The molecule has 8 nitrogen and oxygen atoms in total. The fraction of sp³-hybridized carbons (Fsp3) is 0.440. The van der Waals surface area contributed by atoms with Crippen LogP contribution in [0, 0.1) is 0 Å². The number of hydrogen-bond donors (Lipinski definition) is 1. The van der Waals surface area contributed by atoms with Crippen molar-refractivity contribution in [3.05, 3.63) is 48.1 Å². The Morgan fingerprint density at radius 3 is 2.62 bits per heavy atom. The highest BCUT2D eigenvalue weighted by Crippen LogP contribution is 2.32. The number of carbonyl (C=O) groups excluding carboxylic acids is 1. The van der Waals surface area contributed by atoms with Crippen molar-refractivity contribution in [3.8, 4) is 0 Å². The van der Waals surface area contributed by atoms with Crippen molar-refractivity contribution in [2.75, 3.05) is 34.0 Å². The van der Waals surface area contributed by atoms with Gasteiger partial charge in [0.15, 0.2) is 5.13 Å². The quantitative estimate of drug-likeness (QED) is 0.146. The fourth-order valence-electron chi connectivity index (χ4n) is 3.71. The van der Waals surface area contributed by atoms with E-state index < -0.39 is 0 Å². The number of aryl methyl sites for hydroxylation is 1. The van der Waals surface area contributed by atoms with E-state index >= 15 is 0 Å². The standard InChI is InChI=1S/C25H30Br2N6O2S2/c1-25(2,3)19-13-28-22(35-19)15-36-23-14-29-24(37-23)31-21(34)12-20-30-17-11-16(5-6-18(17)32(20)4)33(9-7-26)10-8-27/h5-6,11,13-14H,7-10,12,15H2,1-4H3,(H,29,31,34). The molecule has 198 valence electrons. The zero-order valence-electron chi connectivity index (χ0n) is 21.3. The summed E-state index contributed by atoms with van der Waals surface area (Å²) in [5.74, 6) is 2.72. The summed E-state index contributed by atoms with van der Waals surface area (Å²) in [5, 5.41) is 5.26. The number of benzene rings is 1. The maximum absolute atomic E-state index is 12.8. The SMILES string of the molecule is Cn1c(CC(=O)Nc2ncc(SCc3ncc(C(C)(C)C)o3)s2)nc2cc(N(CCBr)CCBr)ccc21. The third-order valence-corrected chi connectivity index (χ3v) is 8.51. The van der Waals surface area contributed by atoms with Crippen LogP contribution in [-0.4, -0.2) is 49.2 Å². The minimum absolute atomic E-state index is 0.0692. The van der Waals surface area contributed by atoms with Crippen LogP contribution in [0.15, 0.2) is 39.2 Å². The molecule has 0 aliphatic rings. The molecule has 0 unspecified atom stereocenters. The number of oxazole rings is 1. The van der Waals surface area contributed by atoms with Gasteiger partial charge < -0.3 is 19.2 Å². The summed E-state index contributed by atoms with van der Waals surface area (Å²) in [5.41, 5.74) is 2.93. The van der Waals surface area contributed by atoms with Crippen LogP contribution in [0.2, 0.25) is 0 Å². The number of nitrogens with one attached hydrogen (secondary N) is 1. The van der Waals surface area contributed by atoms with E-state index in [1.807, 2.05) is 11.6 Å². The number of thioether (sulfide) groups is 1. The van der Waals surface area contributed by atoms with Gasteiger partial charge >= 0.3 is 0 Å². The normalized spacial score (nSPS) is 11.8. The average Bonchev–Trinajstić information content (AvgIpc) is 3.57. The van der Waals surface area contributed by atoms with Crippen molar-refractivity contribution in [1.82, 2.24) is 19.5 Å². The number of halogens is 2. The zero-order chi connectivity index (χ0) is 26.6. The van der Waals surface area contributed by atoms with E-state index in [0.717, 1.165) is 50.4 Å². The van der Waals surface area contributed by atoms with Crippen LogP contribution in [0.4, 0.5) is 10.8 Å². The predicted octanol–water partition coefficient (Wildman–Crippen LogP) is 6.39. The lowest BCUT2D eigenvalue weighted by Gasteiger charge is -2.22. The first-order valence-electron chi connectivity index (χ1n) is 11.8. The number of nitrogens with zero attached hydrogens (tertiary/aromatic N) is 5. The minimum atomic E-state index is -0.146. The Hall–Kier alpha value is -1.89. The van der Waals surface area contributed by atoms with Gasteiger partial charge in [-0.3, -0.25) is 4.79 Å². The fourth-order valence-corrected chi connectivity index (χ4v) is 6.31. The third kappa shape index (κ3) is 7.15. The van der Waals surface area contributed by atoms with Crippen LogP contribution in [0.25, 0.3) is 11.0 Å². The highest BCUT2D eigenvalue weighted by Gasteiger charge is 2.20. The minimum Gasteiger partial charge on any atom is -0.444 e. The molecule has 37 heavy (non-hydrogen) atoms. The molecule has 0 spiro atoms. The van der Waals surface area contributed by atoms with Crippen LogP contribution in [0.1, 0.15) is 38.2 Å². The van der Waals surface area contributed by atoms with E-state index in [-0.39, 0.29) is 17.7 Å². The second-order valence-corrected chi connectivity index (χ2v) is 13.4. The molecule has 0 fully saturated rings. The van der Waals surface area contributed by atoms with Gasteiger partial charge in [-0.15, -0.1) is 11.8 Å². The van der Waals surface area contributed by atoms with Crippen molar-refractivity contribution in [2.45, 2.75) is 42.6 Å². The van der Waals surface area contributed by atoms with Crippen LogP contribution >= 0.6 is 55.0 Å². The molecule has 0 aliphatic heterocycles. The second-order valence-electron chi connectivity index (χ2n) is 9.49. The topological polar surface area (TPSA) is 89.1 Å². The van der Waals surface area contributed by atoms with Crippen LogP contribution in [-0.2, 0) is 29.4 Å². The Morgan fingerprint density at radius 2 is 1.95 bits per heavy atom. The number of thiazole rings is 1. The first kappa shape index (κ1) is 28.1. The molecule has 0 bridgehead atoms. The number of aromatic nitrogens is 4. The lowest BCUT2D eigenvalue weighted by atomic mass is 9.94. The third-order valence-electron chi connectivity index (χ3n) is 5.71. The van der Waals surface area contributed by atoms with Crippen LogP contribution < -0.4 is 10.2 Å².